The number of nitrogens with zero attached hydrogens (tertiary/aromatic N) is 2. The number of aromatic nitrogens is 1. The Morgan fingerprint density at radius 1 is 1.39 bits per heavy atom. The van der Waals surface area contributed by atoms with Gasteiger partial charge in [0.2, 0.25) is 5.91 Å². The number of amides is 1. The SMILES string of the molecule is CCN(CC(=O)Nc1c(F)cccc1F)Cc1cnc(N)s1.Cl. The van der Waals surface area contributed by atoms with Crippen LogP contribution in [0.25, 0.3) is 0 Å². The van der Waals surface area contributed by atoms with Gasteiger partial charge in [-0.15, -0.1) is 23.7 Å². The number of nitrogens with one attached hydrogen (secondary N) is 1. The third-order valence-electron chi connectivity index (χ3n) is 2.99. The van der Waals surface area contributed by atoms with E-state index in [2.05, 4.69) is 10.3 Å². The Hall–Kier alpha value is -1.77. The van der Waals surface area contributed by atoms with Gasteiger partial charge >= 0.3 is 0 Å². The van der Waals surface area contributed by atoms with Gasteiger partial charge in [0.1, 0.15) is 17.3 Å². The third-order valence-corrected chi connectivity index (χ3v) is 3.80. The monoisotopic (exact) mass is 362 g/mol. The zero-order valence-electron chi connectivity index (χ0n) is 12.4. The molecule has 5 nitrogen and oxygen atoms in total. The lowest BCUT2D eigenvalue weighted by Crippen LogP contribution is -2.33. The molecule has 126 valence electrons. The first-order valence-corrected chi connectivity index (χ1v) is 7.47. The zero-order chi connectivity index (χ0) is 16.1. The number of halogens is 3. The first-order chi connectivity index (χ1) is 10.5. The fourth-order valence-corrected chi connectivity index (χ4v) is 2.62. The van der Waals surface area contributed by atoms with Crippen LogP contribution in [0, 0.1) is 11.6 Å². The number of nitrogens with two attached hydrogens (primary N) is 1. The molecule has 0 saturated heterocycles. The minimum atomic E-state index is -0.799. The number of carbonyl (C=O) groups excluding carboxylic acids is 1. The maximum atomic E-state index is 13.5. The number of anilines is 2. The minimum absolute atomic E-state index is 0. The van der Waals surface area contributed by atoms with Gasteiger partial charge in [0, 0.05) is 17.6 Å². The van der Waals surface area contributed by atoms with Crippen molar-refractivity contribution in [2.75, 3.05) is 24.1 Å². The molecule has 0 aliphatic carbocycles. The quantitative estimate of drug-likeness (QED) is 0.828. The van der Waals surface area contributed by atoms with Crippen LogP contribution < -0.4 is 11.1 Å². The number of hydrogen-bond donors (Lipinski definition) is 2. The molecule has 2 rings (SSSR count). The summed E-state index contributed by atoms with van der Waals surface area (Å²) in [4.78, 5) is 18.6. The van der Waals surface area contributed by atoms with Gasteiger partial charge < -0.3 is 11.1 Å². The summed E-state index contributed by atoms with van der Waals surface area (Å²) in [7, 11) is 0. The molecule has 1 aromatic carbocycles. The second kappa shape index (κ2) is 8.76. The Balaban J connectivity index is 0.00000264. The Labute approximate surface area is 142 Å². The molecule has 0 unspecified atom stereocenters. The molecule has 0 aliphatic heterocycles. The van der Waals surface area contributed by atoms with Gasteiger partial charge in [-0.1, -0.05) is 13.0 Å². The Kier molecular flexibility index (Phi) is 7.34. The fraction of sp³-hybridized carbons (Fsp3) is 0.286. The number of hydrogen-bond acceptors (Lipinski definition) is 5. The van der Waals surface area contributed by atoms with Gasteiger partial charge in [0.15, 0.2) is 5.13 Å². The van der Waals surface area contributed by atoms with Crippen LogP contribution in [-0.4, -0.2) is 28.9 Å². The molecule has 0 spiro atoms. The van der Waals surface area contributed by atoms with Crippen LogP contribution in [0.1, 0.15) is 11.8 Å². The normalized spacial score (nSPS) is 10.4. The molecule has 1 aromatic heterocycles. The van der Waals surface area contributed by atoms with E-state index in [1.807, 2.05) is 11.8 Å². The summed E-state index contributed by atoms with van der Waals surface area (Å²) in [6, 6.07) is 3.43. The summed E-state index contributed by atoms with van der Waals surface area (Å²) in [5.41, 5.74) is 5.13. The highest BCUT2D eigenvalue weighted by Gasteiger charge is 2.15. The Morgan fingerprint density at radius 2 is 2.04 bits per heavy atom. The molecule has 0 aliphatic rings. The maximum absolute atomic E-state index is 13.5. The molecule has 23 heavy (non-hydrogen) atoms. The Bertz CT molecular complexity index is 648. The van der Waals surface area contributed by atoms with Crippen molar-refractivity contribution in [1.29, 1.82) is 0 Å². The second-order valence-corrected chi connectivity index (χ2v) is 5.76. The van der Waals surface area contributed by atoms with Crippen LogP contribution in [0.3, 0.4) is 0 Å². The summed E-state index contributed by atoms with van der Waals surface area (Å²) in [6.07, 6.45) is 1.65. The summed E-state index contributed by atoms with van der Waals surface area (Å²) >= 11 is 1.34. The predicted octanol–water partition coefficient (Wildman–Crippen LogP) is 2.89. The Morgan fingerprint density at radius 3 is 2.57 bits per heavy atom. The van der Waals surface area contributed by atoms with Gasteiger partial charge in [0.25, 0.3) is 0 Å². The molecule has 0 fully saturated rings. The number of thiazole rings is 1. The number of para-hydroxylation sites is 1. The van der Waals surface area contributed by atoms with E-state index in [4.69, 9.17) is 5.73 Å². The summed E-state index contributed by atoms with van der Waals surface area (Å²) in [5.74, 6) is -2.08. The number of carbonyl (C=O) groups is 1. The van der Waals surface area contributed by atoms with Gasteiger partial charge in [-0.2, -0.15) is 0 Å². The largest absolute Gasteiger partial charge is 0.375 e. The highest BCUT2D eigenvalue weighted by molar-refractivity contribution is 7.15. The van der Waals surface area contributed by atoms with Crippen LogP contribution in [0.5, 0.6) is 0 Å². The first-order valence-electron chi connectivity index (χ1n) is 6.66. The zero-order valence-corrected chi connectivity index (χ0v) is 14.0. The van der Waals surface area contributed by atoms with Crippen molar-refractivity contribution in [2.24, 2.45) is 0 Å². The second-order valence-electron chi connectivity index (χ2n) is 4.61. The van der Waals surface area contributed by atoms with E-state index in [0.29, 0.717) is 18.2 Å². The topological polar surface area (TPSA) is 71.2 Å². The van der Waals surface area contributed by atoms with Crippen LogP contribution in [-0.2, 0) is 11.3 Å². The van der Waals surface area contributed by atoms with Crippen molar-refractivity contribution in [3.63, 3.8) is 0 Å². The average Bonchev–Trinajstić information content (AvgIpc) is 2.87. The first kappa shape index (κ1) is 19.3. The molecule has 3 N–H and O–H groups in total. The standard InChI is InChI=1S/C14H16F2N4OS.ClH/c1-2-20(7-9-6-18-14(17)22-9)8-12(21)19-13-10(15)4-3-5-11(13)16;/h3-6H,2,7-8H2,1H3,(H2,17,18)(H,19,21);1H. The lowest BCUT2D eigenvalue weighted by molar-refractivity contribution is -0.117. The molecule has 0 atom stereocenters. The molecule has 1 heterocycles. The van der Waals surface area contributed by atoms with E-state index in [1.165, 1.54) is 17.4 Å². The van der Waals surface area contributed by atoms with E-state index in [1.54, 1.807) is 6.20 Å². The fourth-order valence-electron chi connectivity index (χ4n) is 1.89. The lowest BCUT2D eigenvalue weighted by atomic mass is 10.3. The van der Waals surface area contributed by atoms with Gasteiger partial charge in [-0.25, -0.2) is 13.8 Å². The number of nitrogen functional groups attached to an aromatic ring is 1. The lowest BCUT2D eigenvalue weighted by Gasteiger charge is -2.19. The van der Waals surface area contributed by atoms with E-state index >= 15 is 0 Å². The van der Waals surface area contributed by atoms with Crippen molar-refractivity contribution < 1.29 is 13.6 Å². The molecule has 2 aromatic rings. The van der Waals surface area contributed by atoms with E-state index in [0.717, 1.165) is 17.0 Å². The molecule has 1 amide bonds. The number of likely N-dealkylation sites (N-methyl/N-ethyl adjacent to an activating group) is 1. The summed E-state index contributed by atoms with van der Waals surface area (Å²) < 4.78 is 27.0. The molecule has 0 radical (unpaired) electrons. The van der Waals surface area contributed by atoms with Crippen molar-refractivity contribution in [2.45, 2.75) is 13.5 Å². The molecular weight excluding hydrogens is 346 g/mol. The van der Waals surface area contributed by atoms with Crippen molar-refractivity contribution >= 4 is 40.5 Å². The molecular formula is C14H17ClF2N4OS. The van der Waals surface area contributed by atoms with Crippen molar-refractivity contribution in [1.82, 2.24) is 9.88 Å². The summed E-state index contributed by atoms with van der Waals surface area (Å²) in [5, 5.41) is 2.73. The molecule has 0 saturated carbocycles. The van der Waals surface area contributed by atoms with Crippen LogP contribution in [0.15, 0.2) is 24.4 Å². The van der Waals surface area contributed by atoms with E-state index < -0.39 is 23.2 Å². The minimum Gasteiger partial charge on any atom is -0.375 e. The van der Waals surface area contributed by atoms with E-state index in [-0.39, 0.29) is 19.0 Å². The van der Waals surface area contributed by atoms with Gasteiger partial charge in [-0.3, -0.25) is 9.69 Å². The predicted molar refractivity (Wildman–Crippen MR) is 89.7 cm³/mol. The third kappa shape index (κ3) is 5.42. The average molecular weight is 363 g/mol. The highest BCUT2D eigenvalue weighted by Crippen LogP contribution is 2.19. The van der Waals surface area contributed by atoms with Crippen LogP contribution in [0.2, 0.25) is 0 Å². The smallest absolute Gasteiger partial charge is 0.238 e. The van der Waals surface area contributed by atoms with Gasteiger partial charge in [-0.05, 0) is 18.7 Å². The van der Waals surface area contributed by atoms with Gasteiger partial charge in [0.05, 0.1) is 6.54 Å². The molecule has 9 heteroatoms. The number of benzene rings is 1. The summed E-state index contributed by atoms with van der Waals surface area (Å²) in [6.45, 7) is 3.01. The maximum Gasteiger partial charge on any atom is 0.238 e. The van der Waals surface area contributed by atoms with E-state index in [9.17, 15) is 13.6 Å². The van der Waals surface area contributed by atoms with Crippen LogP contribution >= 0.6 is 23.7 Å². The highest BCUT2D eigenvalue weighted by atomic mass is 35.5. The van der Waals surface area contributed by atoms with Crippen molar-refractivity contribution in [3.05, 3.63) is 40.9 Å². The van der Waals surface area contributed by atoms with Crippen molar-refractivity contribution in [3.8, 4) is 0 Å². The molecule has 0 bridgehead atoms. The van der Waals surface area contributed by atoms with Crippen LogP contribution in [0.4, 0.5) is 19.6 Å². The number of rotatable bonds is 6.